The zero-order chi connectivity index (χ0) is 15.2. The average Bonchev–Trinajstić information content (AvgIpc) is 2.85. The summed E-state index contributed by atoms with van der Waals surface area (Å²) in [6.45, 7) is 17.7. The van der Waals surface area contributed by atoms with Gasteiger partial charge >= 0.3 is 51.4 Å². The Morgan fingerprint density at radius 3 is 2.05 bits per heavy atom. The van der Waals surface area contributed by atoms with E-state index in [1.54, 1.807) is 0 Å². The maximum atomic E-state index is 3.48. The van der Waals surface area contributed by atoms with Gasteiger partial charge in [0.15, 0.2) is 0 Å². The Morgan fingerprint density at radius 2 is 1.73 bits per heavy atom. The van der Waals surface area contributed by atoms with Gasteiger partial charge in [-0.05, 0) is 63.6 Å². The minimum atomic E-state index is 0. The fourth-order valence-electron chi connectivity index (χ4n) is 3.98. The first-order valence-corrected chi connectivity index (χ1v) is 8.87. The Morgan fingerprint density at radius 1 is 1.09 bits per heavy atom. The van der Waals surface area contributed by atoms with Gasteiger partial charge in [0, 0.05) is 12.1 Å². The molecule has 2 rings (SSSR count). The van der Waals surface area contributed by atoms with Crippen molar-refractivity contribution in [3.8, 4) is 0 Å². The van der Waals surface area contributed by atoms with Crippen LogP contribution in [0.25, 0.3) is 0 Å². The molecule has 3 atom stereocenters. The van der Waals surface area contributed by atoms with E-state index < -0.39 is 0 Å². The summed E-state index contributed by atoms with van der Waals surface area (Å²) in [5, 5.41) is 3.48. The minimum Gasteiger partial charge on any atom is -0.358 e. The maximum Gasteiger partial charge on any atom is 1.00 e. The number of hydrogen-bond acceptors (Lipinski definition) is 2. The van der Waals surface area contributed by atoms with Gasteiger partial charge in [0.05, 0.1) is 0 Å². The molecule has 128 valence electrons. The summed E-state index contributed by atoms with van der Waals surface area (Å²) in [6.07, 6.45) is 7.00. The van der Waals surface area contributed by atoms with Gasteiger partial charge < -0.3 is 17.6 Å². The van der Waals surface area contributed by atoms with Crippen LogP contribution in [0.3, 0.4) is 0 Å². The summed E-state index contributed by atoms with van der Waals surface area (Å²) in [5.41, 5.74) is 0.489. The molecular formula is C19H41KN2. The zero-order valence-electron chi connectivity index (χ0n) is 16.8. The van der Waals surface area contributed by atoms with Crippen LogP contribution in [0.2, 0.25) is 0 Å². The third-order valence-electron chi connectivity index (χ3n) is 5.26. The van der Waals surface area contributed by atoms with Gasteiger partial charge in [-0.25, -0.2) is 0 Å². The van der Waals surface area contributed by atoms with Crippen LogP contribution in [-0.4, -0.2) is 36.6 Å². The predicted molar refractivity (Wildman–Crippen MR) is 96.6 cm³/mol. The smallest absolute Gasteiger partial charge is 0.358 e. The zero-order valence-corrected chi connectivity index (χ0v) is 20.0. The molecule has 2 saturated heterocycles. The number of hydrogen-bond donors (Lipinski definition) is 1. The van der Waals surface area contributed by atoms with E-state index in [0.29, 0.717) is 5.41 Å². The maximum absolute atomic E-state index is 3.48. The molecule has 22 heavy (non-hydrogen) atoms. The van der Waals surface area contributed by atoms with E-state index >= 15 is 0 Å². The molecule has 2 nitrogen and oxygen atoms in total. The summed E-state index contributed by atoms with van der Waals surface area (Å²) in [5.74, 6) is 0.868. The Hall–Kier alpha value is 1.56. The second-order valence-electron chi connectivity index (χ2n) is 7.69. The van der Waals surface area contributed by atoms with Gasteiger partial charge in [0.25, 0.3) is 0 Å². The van der Waals surface area contributed by atoms with Crippen molar-refractivity contribution in [1.29, 1.82) is 0 Å². The predicted octanol–water partition coefficient (Wildman–Crippen LogP) is 1.76. The number of nitrogens with zero attached hydrogens (tertiary/aromatic N) is 1. The molecular weight excluding hydrogens is 295 g/mol. The summed E-state index contributed by atoms with van der Waals surface area (Å²) < 4.78 is 0. The summed E-state index contributed by atoms with van der Waals surface area (Å²) in [4.78, 5) is 2.61. The van der Waals surface area contributed by atoms with Crippen LogP contribution in [0.5, 0.6) is 0 Å². The second-order valence-corrected chi connectivity index (χ2v) is 7.69. The van der Waals surface area contributed by atoms with E-state index in [0.717, 1.165) is 18.0 Å². The Balaban J connectivity index is 0. The van der Waals surface area contributed by atoms with Gasteiger partial charge in [-0.1, -0.05) is 41.0 Å². The fraction of sp³-hybridized carbons (Fsp3) is 0.947. The normalized spacial score (nSPS) is 28.9. The Kier molecular flexibility index (Phi) is 15.1. The standard InChI is InChI=1S/2C9H19N.CH3.K/c1-7-8(5-6-10-7)9(2,3)4;1-3-9-7-5-6-8-10(9)4-2;;/h7-8,10H,5-6H2,1-4H3;9H,3-8H2,1-2H3;1H3;/q;;-1;+1. The molecule has 0 aromatic carbocycles. The van der Waals surface area contributed by atoms with Gasteiger partial charge in [-0.15, -0.1) is 0 Å². The second kappa shape index (κ2) is 12.9. The SMILES string of the molecule is CC1NCCC1C(C)(C)C.CCC1CCCCN1CC.[CH3-].[K+]. The van der Waals surface area contributed by atoms with Crippen molar-refractivity contribution in [1.82, 2.24) is 10.2 Å². The number of rotatable bonds is 2. The molecule has 3 unspecified atom stereocenters. The van der Waals surface area contributed by atoms with Crippen molar-refractivity contribution in [3.63, 3.8) is 0 Å². The van der Waals surface area contributed by atoms with Crippen LogP contribution in [0, 0.1) is 18.8 Å². The summed E-state index contributed by atoms with van der Waals surface area (Å²) >= 11 is 0. The van der Waals surface area contributed by atoms with E-state index in [1.165, 1.54) is 51.7 Å². The quantitative estimate of drug-likeness (QED) is 0.610. The fourth-order valence-corrected chi connectivity index (χ4v) is 3.98. The van der Waals surface area contributed by atoms with E-state index in [2.05, 4.69) is 51.8 Å². The van der Waals surface area contributed by atoms with Crippen LogP contribution < -0.4 is 56.7 Å². The number of nitrogens with one attached hydrogen (secondary N) is 1. The average molecular weight is 337 g/mol. The van der Waals surface area contributed by atoms with E-state index in [4.69, 9.17) is 0 Å². The minimum absolute atomic E-state index is 0. The Labute approximate surface area is 184 Å². The van der Waals surface area contributed by atoms with Crippen molar-refractivity contribution < 1.29 is 51.4 Å². The van der Waals surface area contributed by atoms with Crippen molar-refractivity contribution in [2.75, 3.05) is 19.6 Å². The van der Waals surface area contributed by atoms with Gasteiger partial charge in [-0.3, -0.25) is 0 Å². The number of likely N-dealkylation sites (tertiary alicyclic amines) is 1. The Bertz CT molecular complexity index is 251. The third kappa shape index (κ3) is 8.59. The molecule has 2 aliphatic heterocycles. The van der Waals surface area contributed by atoms with Crippen LogP contribution in [0.1, 0.15) is 73.6 Å². The monoisotopic (exact) mass is 336 g/mol. The van der Waals surface area contributed by atoms with Gasteiger partial charge in [0.2, 0.25) is 0 Å². The van der Waals surface area contributed by atoms with Crippen LogP contribution in [0.4, 0.5) is 0 Å². The van der Waals surface area contributed by atoms with Crippen LogP contribution in [-0.2, 0) is 0 Å². The molecule has 0 bridgehead atoms. The summed E-state index contributed by atoms with van der Waals surface area (Å²) in [7, 11) is 0. The molecule has 0 aromatic rings. The first-order valence-electron chi connectivity index (χ1n) is 8.87. The topological polar surface area (TPSA) is 15.3 Å². The first-order chi connectivity index (χ1) is 9.40. The van der Waals surface area contributed by atoms with Crippen molar-refractivity contribution >= 4 is 0 Å². The molecule has 0 amide bonds. The number of piperidine rings is 1. The van der Waals surface area contributed by atoms with Crippen molar-refractivity contribution in [3.05, 3.63) is 7.43 Å². The molecule has 0 radical (unpaired) electrons. The summed E-state index contributed by atoms with van der Waals surface area (Å²) in [6, 6.07) is 1.62. The largest absolute Gasteiger partial charge is 1.00 e. The van der Waals surface area contributed by atoms with E-state index in [1.807, 2.05) is 0 Å². The molecule has 0 saturated carbocycles. The molecule has 3 heteroatoms. The molecule has 0 aliphatic carbocycles. The first kappa shape index (κ1) is 25.8. The van der Waals surface area contributed by atoms with Gasteiger partial charge in [-0.2, -0.15) is 0 Å². The molecule has 2 aliphatic rings. The molecule has 2 fully saturated rings. The van der Waals surface area contributed by atoms with E-state index in [-0.39, 0.29) is 58.8 Å². The van der Waals surface area contributed by atoms with Crippen molar-refractivity contribution in [2.24, 2.45) is 11.3 Å². The third-order valence-corrected chi connectivity index (χ3v) is 5.26. The molecule has 1 N–H and O–H groups in total. The van der Waals surface area contributed by atoms with Gasteiger partial charge in [0.1, 0.15) is 0 Å². The molecule has 0 aromatic heterocycles. The van der Waals surface area contributed by atoms with Crippen molar-refractivity contribution in [2.45, 2.75) is 85.7 Å². The van der Waals surface area contributed by atoms with Crippen LogP contribution in [0.15, 0.2) is 0 Å². The molecule has 2 heterocycles. The van der Waals surface area contributed by atoms with E-state index in [9.17, 15) is 0 Å². The molecule has 0 spiro atoms. The van der Waals surface area contributed by atoms with Crippen LogP contribution >= 0.6 is 0 Å².